The number of unbranched alkanes of at least 4 members (excludes halogenated alkanes) is 26. The van der Waals surface area contributed by atoms with Crippen LogP contribution in [-0.2, 0) is 13.1 Å². The van der Waals surface area contributed by atoms with Crippen molar-refractivity contribution in [3.63, 3.8) is 0 Å². The molecule has 294 valence electrons. The van der Waals surface area contributed by atoms with Crippen LogP contribution in [-0.4, -0.2) is 64.5 Å². The molecule has 0 spiro atoms. The summed E-state index contributed by atoms with van der Waals surface area (Å²) in [5.74, 6) is 2.04. The second-order valence-electron chi connectivity index (χ2n) is 17.3. The molecule has 0 aliphatic rings. The number of hydrogen-bond acceptors (Lipinski definition) is 2. The van der Waals surface area contributed by atoms with E-state index in [1.165, 1.54) is 204 Å². The Morgan fingerprint density at radius 3 is 0.800 bits per heavy atom. The van der Waals surface area contributed by atoms with Gasteiger partial charge in [-0.2, -0.15) is 0 Å². The van der Waals surface area contributed by atoms with Crippen molar-refractivity contribution in [3.8, 4) is 11.5 Å². The molecule has 50 heavy (non-hydrogen) atoms. The summed E-state index contributed by atoms with van der Waals surface area (Å²) in [6.07, 6.45) is 39.5. The van der Waals surface area contributed by atoms with Crippen molar-refractivity contribution in [2.45, 2.75) is 207 Å². The maximum Gasteiger partial charge on any atom is 0.128 e. The van der Waals surface area contributed by atoms with Crippen molar-refractivity contribution in [1.82, 2.24) is 0 Å². The molecule has 0 aromatic heterocycles. The summed E-state index contributed by atoms with van der Waals surface area (Å²) in [4.78, 5) is 0. The molecule has 1 aromatic carbocycles. The fourth-order valence-electron chi connectivity index (χ4n) is 7.82. The molecule has 0 amide bonds. The Labute approximate surface area is 314 Å². The van der Waals surface area contributed by atoms with Gasteiger partial charge < -0.3 is 18.4 Å². The van der Waals surface area contributed by atoms with Gasteiger partial charge in [-0.25, -0.2) is 0 Å². The zero-order valence-corrected chi connectivity index (χ0v) is 35.5. The van der Waals surface area contributed by atoms with Crippen molar-refractivity contribution in [2.75, 3.05) is 55.5 Å². The number of hydrogen-bond donors (Lipinski definition) is 0. The van der Waals surface area contributed by atoms with E-state index in [1.54, 1.807) is 0 Å². The first-order valence-corrected chi connectivity index (χ1v) is 22.1. The van der Waals surface area contributed by atoms with E-state index in [9.17, 15) is 0 Å². The molecule has 0 radical (unpaired) electrons. The van der Waals surface area contributed by atoms with E-state index in [2.05, 4.69) is 54.2 Å². The van der Waals surface area contributed by atoms with E-state index < -0.39 is 0 Å². The van der Waals surface area contributed by atoms with Gasteiger partial charge in [0.05, 0.1) is 66.6 Å². The number of rotatable bonds is 36. The van der Waals surface area contributed by atoms with Gasteiger partial charge in [0.2, 0.25) is 0 Å². The summed E-state index contributed by atoms with van der Waals surface area (Å²) in [6, 6.07) is 4.54. The standard InChI is InChI=1S/C46H90N2O2/c1-9-11-13-15-17-19-21-23-25-27-29-31-33-35-37-47(3,4)41-43-39-46(50-8)44(40-45(43)49-7)42-48(5,6)38-36-34-32-30-28-26-24-22-20-18-16-14-12-10-2/h39-40H,9-38,41-42H2,1-8H3/q+2. The highest BCUT2D eigenvalue weighted by molar-refractivity contribution is 5.46. The Balaban J connectivity index is 2.34. The van der Waals surface area contributed by atoms with Gasteiger partial charge >= 0.3 is 0 Å². The van der Waals surface area contributed by atoms with Crippen LogP contribution in [0.5, 0.6) is 11.5 Å². The van der Waals surface area contributed by atoms with Crippen LogP contribution in [0.25, 0.3) is 0 Å². The summed E-state index contributed by atoms with van der Waals surface area (Å²) in [5.41, 5.74) is 2.53. The minimum Gasteiger partial charge on any atom is -0.496 e. The van der Waals surface area contributed by atoms with Crippen LogP contribution >= 0.6 is 0 Å². The van der Waals surface area contributed by atoms with E-state index in [-0.39, 0.29) is 0 Å². The molecular formula is C46H90N2O2+2. The molecule has 0 saturated heterocycles. The van der Waals surface area contributed by atoms with Crippen molar-refractivity contribution in [1.29, 1.82) is 0 Å². The largest absolute Gasteiger partial charge is 0.496 e. The van der Waals surface area contributed by atoms with E-state index in [4.69, 9.17) is 9.47 Å². The molecule has 0 saturated carbocycles. The van der Waals surface area contributed by atoms with Crippen LogP contribution in [0, 0.1) is 0 Å². The molecule has 0 aliphatic heterocycles. The van der Waals surface area contributed by atoms with Gasteiger partial charge in [-0.3, -0.25) is 0 Å². The minimum absolute atomic E-state index is 0.968. The zero-order valence-electron chi connectivity index (χ0n) is 35.5. The monoisotopic (exact) mass is 703 g/mol. The van der Waals surface area contributed by atoms with Gasteiger partial charge in [0.1, 0.15) is 24.6 Å². The number of benzene rings is 1. The average Bonchev–Trinajstić information content (AvgIpc) is 3.08. The first-order valence-electron chi connectivity index (χ1n) is 22.1. The third-order valence-electron chi connectivity index (χ3n) is 11.1. The van der Waals surface area contributed by atoms with Crippen LogP contribution in [0.1, 0.15) is 205 Å². The van der Waals surface area contributed by atoms with Crippen LogP contribution in [0.15, 0.2) is 12.1 Å². The van der Waals surface area contributed by atoms with Gasteiger partial charge in [-0.15, -0.1) is 0 Å². The lowest BCUT2D eigenvalue weighted by molar-refractivity contribution is -0.904. The average molecular weight is 703 g/mol. The summed E-state index contributed by atoms with van der Waals surface area (Å²) in [7, 11) is 13.2. The molecule has 0 N–H and O–H groups in total. The molecule has 1 rings (SSSR count). The molecule has 0 fully saturated rings. The van der Waals surface area contributed by atoms with Gasteiger partial charge in [-0.1, -0.05) is 168 Å². The fourth-order valence-corrected chi connectivity index (χ4v) is 7.82. The molecule has 1 aromatic rings. The summed E-state index contributed by atoms with van der Waals surface area (Å²) in [5, 5.41) is 0. The Morgan fingerprint density at radius 1 is 0.360 bits per heavy atom. The quantitative estimate of drug-likeness (QED) is 0.0512. The molecular weight excluding hydrogens is 613 g/mol. The Kier molecular flexibility index (Phi) is 28.3. The smallest absolute Gasteiger partial charge is 0.128 e. The lowest BCUT2D eigenvalue weighted by Gasteiger charge is -2.32. The van der Waals surface area contributed by atoms with Gasteiger partial charge in [0.25, 0.3) is 0 Å². The number of quaternary nitrogens is 2. The van der Waals surface area contributed by atoms with Crippen LogP contribution in [0.4, 0.5) is 0 Å². The van der Waals surface area contributed by atoms with E-state index in [1.807, 2.05) is 14.2 Å². The Hall–Kier alpha value is -1.26. The lowest BCUT2D eigenvalue weighted by Crippen LogP contribution is -2.40. The van der Waals surface area contributed by atoms with Crippen molar-refractivity contribution >= 4 is 0 Å². The molecule has 0 bridgehead atoms. The minimum atomic E-state index is 0.968. The molecule has 0 unspecified atom stereocenters. The maximum absolute atomic E-state index is 5.99. The molecule has 0 aliphatic carbocycles. The van der Waals surface area contributed by atoms with Gasteiger partial charge in [0, 0.05) is 0 Å². The second-order valence-corrected chi connectivity index (χ2v) is 17.3. The fraction of sp³-hybridized carbons (Fsp3) is 0.870. The number of methoxy groups -OCH3 is 2. The molecule has 4 nitrogen and oxygen atoms in total. The number of nitrogens with zero attached hydrogens (tertiary/aromatic N) is 2. The summed E-state index contributed by atoms with van der Waals surface area (Å²) >= 11 is 0. The van der Waals surface area contributed by atoms with E-state index >= 15 is 0 Å². The highest BCUT2D eigenvalue weighted by Gasteiger charge is 2.24. The van der Waals surface area contributed by atoms with Crippen molar-refractivity contribution < 1.29 is 18.4 Å². The third kappa shape index (κ3) is 24.8. The highest BCUT2D eigenvalue weighted by atomic mass is 16.5. The molecule has 0 atom stereocenters. The number of ether oxygens (including phenoxy) is 2. The van der Waals surface area contributed by atoms with Crippen LogP contribution in [0.2, 0.25) is 0 Å². The summed E-state index contributed by atoms with van der Waals surface area (Å²) < 4.78 is 13.9. The first-order chi connectivity index (χ1) is 24.2. The van der Waals surface area contributed by atoms with E-state index in [0.717, 1.165) is 33.6 Å². The van der Waals surface area contributed by atoms with Gasteiger partial charge in [0.15, 0.2) is 0 Å². The predicted molar refractivity (Wildman–Crippen MR) is 222 cm³/mol. The van der Waals surface area contributed by atoms with E-state index in [0.29, 0.717) is 0 Å². The first kappa shape index (κ1) is 46.8. The molecule has 0 heterocycles. The van der Waals surface area contributed by atoms with Crippen LogP contribution < -0.4 is 9.47 Å². The van der Waals surface area contributed by atoms with Crippen molar-refractivity contribution in [2.24, 2.45) is 0 Å². The Bertz CT molecular complexity index is 838. The molecule has 4 heteroatoms. The van der Waals surface area contributed by atoms with Crippen LogP contribution in [0.3, 0.4) is 0 Å². The maximum atomic E-state index is 5.99. The summed E-state index contributed by atoms with van der Waals surface area (Å²) in [6.45, 7) is 8.94. The van der Waals surface area contributed by atoms with Gasteiger partial charge in [-0.05, 0) is 37.8 Å². The van der Waals surface area contributed by atoms with Crippen molar-refractivity contribution in [3.05, 3.63) is 23.3 Å². The third-order valence-corrected chi connectivity index (χ3v) is 11.1. The highest BCUT2D eigenvalue weighted by Crippen LogP contribution is 2.33. The lowest BCUT2D eigenvalue weighted by atomic mass is 10.0. The topological polar surface area (TPSA) is 18.5 Å². The normalized spacial score (nSPS) is 12.2. The predicted octanol–water partition coefficient (Wildman–Crippen LogP) is 13.8. The second kappa shape index (κ2) is 30.2. The Morgan fingerprint density at radius 2 is 0.580 bits per heavy atom. The zero-order chi connectivity index (χ0) is 36.8. The SMILES string of the molecule is CCCCCCCCCCCCCCCC[N+](C)(C)Cc1cc(OC)c(C[N+](C)(C)CCCCCCCCCCCCCCCC)cc1OC.